The number of hydrogen-bond donors (Lipinski definition) is 0. The quantitative estimate of drug-likeness (QED) is 0.118. The van der Waals surface area contributed by atoms with E-state index in [2.05, 4.69) is 27.7 Å². The van der Waals surface area contributed by atoms with Gasteiger partial charge in [0.05, 0.1) is 19.1 Å². The Morgan fingerprint density at radius 2 is 1.00 bits per heavy atom. The average molecular weight is 469 g/mol. The number of carbonyl (C=O) groups excluding carboxylic acids is 2. The molecule has 0 saturated heterocycles. The molecule has 0 aliphatic carbocycles. The van der Waals surface area contributed by atoms with Crippen molar-refractivity contribution in [3.05, 3.63) is 0 Å². The first-order chi connectivity index (χ1) is 15.8. The number of ether oxygens (including phenoxy) is 2. The van der Waals surface area contributed by atoms with Gasteiger partial charge in [-0.1, -0.05) is 105 Å². The minimum Gasteiger partial charge on any atom is -0.466 e. The highest BCUT2D eigenvalue weighted by Crippen LogP contribution is 2.33. The van der Waals surface area contributed by atoms with E-state index in [1.807, 2.05) is 13.8 Å². The standard InChI is InChI=1S/C29H56O4/c1-7-32-27(30)23-21-19-17-15-13-11-9-10-12-14-16-18-20-22-26(24(3)4)28(25(5)6)29(31)33-8-2/h24-26,28H,7-23H2,1-6H3. The van der Waals surface area contributed by atoms with Gasteiger partial charge in [-0.05, 0) is 44.4 Å². The zero-order valence-electron chi connectivity index (χ0n) is 23.0. The van der Waals surface area contributed by atoms with Gasteiger partial charge in [0.1, 0.15) is 0 Å². The number of unbranched alkanes of at least 4 members (excludes halogenated alkanes) is 12. The van der Waals surface area contributed by atoms with Gasteiger partial charge < -0.3 is 9.47 Å². The fraction of sp³-hybridized carbons (Fsp3) is 0.931. The molecule has 0 aromatic heterocycles. The van der Waals surface area contributed by atoms with Crippen LogP contribution in [0.3, 0.4) is 0 Å². The number of carbonyl (C=O) groups is 2. The topological polar surface area (TPSA) is 52.6 Å². The van der Waals surface area contributed by atoms with Crippen LogP contribution in [-0.2, 0) is 19.1 Å². The largest absolute Gasteiger partial charge is 0.466 e. The molecule has 0 aromatic carbocycles. The third-order valence-corrected chi connectivity index (χ3v) is 6.82. The van der Waals surface area contributed by atoms with E-state index in [4.69, 9.17) is 9.47 Å². The lowest BCUT2D eigenvalue weighted by molar-refractivity contribution is -0.153. The molecular weight excluding hydrogens is 412 g/mol. The first-order valence-corrected chi connectivity index (χ1v) is 14.2. The van der Waals surface area contributed by atoms with E-state index in [1.54, 1.807) is 0 Å². The van der Waals surface area contributed by atoms with Gasteiger partial charge in [0, 0.05) is 6.42 Å². The Balaban J connectivity index is 3.71. The fourth-order valence-corrected chi connectivity index (χ4v) is 4.93. The summed E-state index contributed by atoms with van der Waals surface area (Å²) in [4.78, 5) is 23.8. The molecule has 0 aromatic rings. The van der Waals surface area contributed by atoms with Crippen LogP contribution in [0.2, 0.25) is 0 Å². The lowest BCUT2D eigenvalue weighted by Gasteiger charge is -2.31. The van der Waals surface area contributed by atoms with Gasteiger partial charge in [-0.3, -0.25) is 9.59 Å². The molecule has 0 radical (unpaired) electrons. The number of hydrogen-bond acceptors (Lipinski definition) is 4. The predicted octanol–water partition coefficient (Wildman–Crippen LogP) is 8.51. The van der Waals surface area contributed by atoms with Crippen molar-refractivity contribution >= 4 is 11.9 Å². The summed E-state index contributed by atoms with van der Waals surface area (Å²) in [6.07, 6.45) is 18.3. The van der Waals surface area contributed by atoms with Gasteiger partial charge in [-0.25, -0.2) is 0 Å². The van der Waals surface area contributed by atoms with Gasteiger partial charge in [-0.15, -0.1) is 0 Å². The van der Waals surface area contributed by atoms with E-state index in [1.165, 1.54) is 70.6 Å². The van der Waals surface area contributed by atoms with Gasteiger partial charge in [0.2, 0.25) is 0 Å². The Bertz CT molecular complexity index is 472. The van der Waals surface area contributed by atoms with E-state index in [9.17, 15) is 9.59 Å². The molecule has 0 N–H and O–H groups in total. The van der Waals surface area contributed by atoms with Crippen molar-refractivity contribution in [1.82, 2.24) is 0 Å². The minimum absolute atomic E-state index is 0.00266. The van der Waals surface area contributed by atoms with Crippen molar-refractivity contribution < 1.29 is 19.1 Å². The van der Waals surface area contributed by atoms with E-state index in [0.29, 0.717) is 37.4 Å². The van der Waals surface area contributed by atoms with Gasteiger partial charge in [0.15, 0.2) is 0 Å². The molecule has 0 saturated carbocycles. The highest BCUT2D eigenvalue weighted by atomic mass is 16.5. The van der Waals surface area contributed by atoms with Crippen molar-refractivity contribution in [3.63, 3.8) is 0 Å². The number of esters is 2. The van der Waals surface area contributed by atoms with Crippen LogP contribution in [-0.4, -0.2) is 25.2 Å². The smallest absolute Gasteiger partial charge is 0.309 e. The van der Waals surface area contributed by atoms with Crippen LogP contribution in [0.15, 0.2) is 0 Å². The van der Waals surface area contributed by atoms with Gasteiger partial charge in [0.25, 0.3) is 0 Å². The van der Waals surface area contributed by atoms with Crippen LogP contribution in [0, 0.1) is 23.7 Å². The predicted molar refractivity (Wildman–Crippen MR) is 139 cm³/mol. The first kappa shape index (κ1) is 31.9. The summed E-state index contributed by atoms with van der Waals surface area (Å²) < 4.78 is 10.3. The molecule has 2 atom stereocenters. The normalized spacial score (nSPS) is 13.3. The van der Waals surface area contributed by atoms with Crippen molar-refractivity contribution in [2.75, 3.05) is 13.2 Å². The highest BCUT2D eigenvalue weighted by molar-refractivity contribution is 5.73. The fourth-order valence-electron chi connectivity index (χ4n) is 4.93. The second-order valence-corrected chi connectivity index (χ2v) is 10.4. The van der Waals surface area contributed by atoms with E-state index >= 15 is 0 Å². The molecule has 0 amide bonds. The minimum atomic E-state index is -0.0475. The van der Waals surface area contributed by atoms with Gasteiger partial charge >= 0.3 is 11.9 Å². The van der Waals surface area contributed by atoms with Crippen molar-refractivity contribution in [2.45, 2.75) is 138 Å². The first-order valence-electron chi connectivity index (χ1n) is 14.2. The Morgan fingerprint density at radius 1 is 0.576 bits per heavy atom. The molecule has 0 aliphatic heterocycles. The molecule has 0 aliphatic rings. The molecule has 0 heterocycles. The third-order valence-electron chi connectivity index (χ3n) is 6.82. The molecule has 0 bridgehead atoms. The summed E-state index contributed by atoms with van der Waals surface area (Å²) in [5.74, 6) is 1.26. The summed E-state index contributed by atoms with van der Waals surface area (Å²) in [7, 11) is 0. The molecule has 0 rings (SSSR count). The lowest BCUT2D eigenvalue weighted by Crippen LogP contribution is -2.33. The van der Waals surface area contributed by atoms with Crippen LogP contribution in [0.25, 0.3) is 0 Å². The van der Waals surface area contributed by atoms with Crippen molar-refractivity contribution in [3.8, 4) is 0 Å². The zero-order valence-corrected chi connectivity index (χ0v) is 23.0. The molecule has 2 unspecified atom stereocenters. The highest BCUT2D eigenvalue weighted by Gasteiger charge is 2.33. The van der Waals surface area contributed by atoms with Crippen LogP contribution in [0.5, 0.6) is 0 Å². The molecular formula is C29H56O4. The van der Waals surface area contributed by atoms with E-state index < -0.39 is 0 Å². The third kappa shape index (κ3) is 17.1. The average Bonchev–Trinajstić information content (AvgIpc) is 2.75. The van der Waals surface area contributed by atoms with Gasteiger partial charge in [-0.2, -0.15) is 0 Å². The monoisotopic (exact) mass is 468 g/mol. The maximum absolute atomic E-state index is 12.5. The zero-order chi connectivity index (χ0) is 24.9. The molecule has 196 valence electrons. The molecule has 4 nitrogen and oxygen atoms in total. The Labute approximate surface area is 206 Å². The van der Waals surface area contributed by atoms with Crippen LogP contribution in [0.1, 0.15) is 138 Å². The summed E-state index contributed by atoms with van der Waals surface area (Å²) >= 11 is 0. The molecule has 4 heteroatoms. The maximum Gasteiger partial charge on any atom is 0.309 e. The van der Waals surface area contributed by atoms with Crippen molar-refractivity contribution in [2.24, 2.45) is 23.7 Å². The summed E-state index contributed by atoms with van der Waals surface area (Å²) in [6.45, 7) is 13.5. The second kappa shape index (κ2) is 21.5. The van der Waals surface area contributed by atoms with E-state index in [0.717, 1.165) is 19.3 Å². The second-order valence-electron chi connectivity index (χ2n) is 10.4. The summed E-state index contributed by atoms with van der Waals surface area (Å²) in [6, 6.07) is 0. The summed E-state index contributed by atoms with van der Waals surface area (Å²) in [5.41, 5.74) is 0. The molecule has 0 spiro atoms. The Hall–Kier alpha value is -1.06. The Morgan fingerprint density at radius 3 is 1.39 bits per heavy atom. The van der Waals surface area contributed by atoms with E-state index in [-0.39, 0.29) is 17.9 Å². The van der Waals surface area contributed by atoms with Crippen LogP contribution >= 0.6 is 0 Å². The Kier molecular flexibility index (Phi) is 20.8. The lowest BCUT2D eigenvalue weighted by atomic mass is 9.74. The molecule has 33 heavy (non-hydrogen) atoms. The SMILES string of the molecule is CCOC(=O)CCCCCCCCCCCCCCCC(C(C)C)C(C(=O)OCC)C(C)C. The van der Waals surface area contributed by atoms with Crippen LogP contribution in [0.4, 0.5) is 0 Å². The summed E-state index contributed by atoms with van der Waals surface area (Å²) in [5, 5.41) is 0. The van der Waals surface area contributed by atoms with Crippen molar-refractivity contribution in [1.29, 1.82) is 0 Å². The van der Waals surface area contributed by atoms with Crippen LogP contribution < -0.4 is 0 Å². The number of rotatable bonds is 22. The molecule has 0 fully saturated rings. The maximum atomic E-state index is 12.5.